The first kappa shape index (κ1) is 18.7. The Balaban J connectivity index is 0.00000361. The summed E-state index contributed by atoms with van der Waals surface area (Å²) >= 11 is 0. The average molecular weight is 301 g/mol. The number of hydrogen-bond acceptors (Lipinski definition) is 3. The van der Waals surface area contributed by atoms with Gasteiger partial charge in [-0.05, 0) is 38.1 Å². The normalized spacial score (nSPS) is 13.0. The van der Waals surface area contributed by atoms with Gasteiger partial charge < -0.3 is 15.4 Å². The standard InChI is InChI=1S/C15H24N2O2.ClH/c1-5-16-11(2)10-17-15(18)12(3)13-6-8-14(19-4)9-7-13;/h6-9,11-12,16H,5,10H2,1-4H3,(H,17,18);1H/t11-,12?;/m1./s1. The van der Waals surface area contributed by atoms with Gasteiger partial charge in [-0.25, -0.2) is 0 Å². The molecule has 1 rings (SSSR count). The molecule has 0 aromatic heterocycles. The molecule has 0 heterocycles. The Bertz CT molecular complexity index is 395. The molecule has 0 aliphatic rings. The van der Waals surface area contributed by atoms with E-state index in [0.717, 1.165) is 17.9 Å². The highest BCUT2D eigenvalue weighted by Gasteiger charge is 2.15. The summed E-state index contributed by atoms with van der Waals surface area (Å²) in [5.74, 6) is 0.701. The monoisotopic (exact) mass is 300 g/mol. The van der Waals surface area contributed by atoms with Crippen LogP contribution in [0.2, 0.25) is 0 Å². The largest absolute Gasteiger partial charge is 0.497 e. The van der Waals surface area contributed by atoms with Gasteiger partial charge in [0.2, 0.25) is 5.91 Å². The van der Waals surface area contributed by atoms with Gasteiger partial charge in [0.1, 0.15) is 5.75 Å². The molecule has 0 aliphatic heterocycles. The smallest absolute Gasteiger partial charge is 0.227 e. The van der Waals surface area contributed by atoms with E-state index >= 15 is 0 Å². The third-order valence-corrected chi connectivity index (χ3v) is 3.14. The van der Waals surface area contributed by atoms with Gasteiger partial charge in [0, 0.05) is 12.6 Å². The van der Waals surface area contributed by atoms with Crippen molar-refractivity contribution in [1.29, 1.82) is 0 Å². The van der Waals surface area contributed by atoms with Crippen LogP contribution < -0.4 is 15.4 Å². The van der Waals surface area contributed by atoms with Crippen molar-refractivity contribution in [3.05, 3.63) is 29.8 Å². The lowest BCUT2D eigenvalue weighted by atomic mass is 10.0. The fourth-order valence-corrected chi connectivity index (χ4v) is 1.87. The number of rotatable bonds is 7. The SMILES string of the molecule is CCN[C@H](C)CNC(=O)C(C)c1ccc(OC)cc1.Cl. The van der Waals surface area contributed by atoms with Crippen molar-refractivity contribution in [3.8, 4) is 5.75 Å². The number of amides is 1. The zero-order valence-electron chi connectivity index (χ0n) is 12.6. The highest BCUT2D eigenvalue weighted by atomic mass is 35.5. The number of carbonyl (C=O) groups is 1. The van der Waals surface area contributed by atoms with Crippen LogP contribution in [0.25, 0.3) is 0 Å². The third kappa shape index (κ3) is 5.80. The summed E-state index contributed by atoms with van der Waals surface area (Å²) in [6, 6.07) is 7.89. The number of benzene rings is 1. The predicted octanol–water partition coefficient (Wildman–Crippen LogP) is 2.33. The third-order valence-electron chi connectivity index (χ3n) is 3.14. The lowest BCUT2D eigenvalue weighted by molar-refractivity contribution is -0.122. The Kier molecular flexibility index (Phi) is 9.01. The maximum Gasteiger partial charge on any atom is 0.227 e. The van der Waals surface area contributed by atoms with E-state index in [1.807, 2.05) is 31.2 Å². The van der Waals surface area contributed by atoms with E-state index in [4.69, 9.17) is 4.74 Å². The van der Waals surface area contributed by atoms with Gasteiger partial charge in [-0.1, -0.05) is 19.1 Å². The second-order valence-corrected chi connectivity index (χ2v) is 4.70. The van der Waals surface area contributed by atoms with Gasteiger partial charge in [0.05, 0.1) is 13.0 Å². The minimum Gasteiger partial charge on any atom is -0.497 e. The lowest BCUT2D eigenvalue weighted by Crippen LogP contribution is -2.40. The van der Waals surface area contributed by atoms with Crippen molar-refractivity contribution in [2.24, 2.45) is 0 Å². The van der Waals surface area contributed by atoms with Gasteiger partial charge in [-0.2, -0.15) is 0 Å². The molecule has 0 fully saturated rings. The van der Waals surface area contributed by atoms with E-state index in [9.17, 15) is 4.79 Å². The van der Waals surface area contributed by atoms with Crippen LogP contribution in [0, 0.1) is 0 Å². The molecule has 0 aliphatic carbocycles. The molecule has 0 saturated heterocycles. The van der Waals surface area contributed by atoms with Crippen LogP contribution in [0.15, 0.2) is 24.3 Å². The summed E-state index contributed by atoms with van der Waals surface area (Å²) in [5, 5.41) is 6.22. The molecule has 1 amide bonds. The van der Waals surface area contributed by atoms with Gasteiger partial charge in [-0.3, -0.25) is 4.79 Å². The summed E-state index contributed by atoms with van der Waals surface area (Å²) in [5.41, 5.74) is 0.995. The molecule has 1 aromatic rings. The summed E-state index contributed by atoms with van der Waals surface area (Å²) in [4.78, 5) is 12.0. The van der Waals surface area contributed by atoms with E-state index in [-0.39, 0.29) is 30.3 Å². The first-order chi connectivity index (χ1) is 9.08. The van der Waals surface area contributed by atoms with Gasteiger partial charge in [0.25, 0.3) is 0 Å². The van der Waals surface area contributed by atoms with Crippen LogP contribution in [0.5, 0.6) is 5.75 Å². The zero-order chi connectivity index (χ0) is 14.3. The topological polar surface area (TPSA) is 50.4 Å². The molecule has 114 valence electrons. The Morgan fingerprint density at radius 3 is 2.35 bits per heavy atom. The molecule has 20 heavy (non-hydrogen) atoms. The number of ether oxygens (including phenoxy) is 1. The number of halogens is 1. The fourth-order valence-electron chi connectivity index (χ4n) is 1.87. The van der Waals surface area contributed by atoms with Crippen LogP contribution in [0.4, 0.5) is 0 Å². The number of methoxy groups -OCH3 is 1. The number of hydrogen-bond donors (Lipinski definition) is 2. The Morgan fingerprint density at radius 2 is 1.85 bits per heavy atom. The number of likely N-dealkylation sites (N-methyl/N-ethyl adjacent to an activating group) is 1. The van der Waals surface area contributed by atoms with Crippen molar-refractivity contribution < 1.29 is 9.53 Å². The van der Waals surface area contributed by atoms with Crippen LogP contribution in [-0.2, 0) is 4.79 Å². The summed E-state index contributed by atoms with van der Waals surface area (Å²) < 4.78 is 5.11. The Morgan fingerprint density at radius 1 is 1.25 bits per heavy atom. The summed E-state index contributed by atoms with van der Waals surface area (Å²) in [7, 11) is 1.63. The Labute approximate surface area is 127 Å². The van der Waals surface area contributed by atoms with Crippen molar-refractivity contribution in [1.82, 2.24) is 10.6 Å². The highest BCUT2D eigenvalue weighted by molar-refractivity contribution is 5.85. The van der Waals surface area contributed by atoms with E-state index in [1.165, 1.54) is 0 Å². The maximum absolute atomic E-state index is 12.0. The lowest BCUT2D eigenvalue weighted by Gasteiger charge is -2.16. The number of carbonyl (C=O) groups excluding carboxylic acids is 1. The summed E-state index contributed by atoms with van der Waals surface area (Å²) in [6.45, 7) is 7.58. The molecule has 0 spiro atoms. The minimum absolute atomic E-state index is 0. The molecule has 0 saturated carbocycles. The first-order valence-electron chi connectivity index (χ1n) is 6.73. The Hall–Kier alpha value is -1.26. The molecule has 0 radical (unpaired) electrons. The molecular formula is C15H25ClN2O2. The van der Waals surface area contributed by atoms with E-state index < -0.39 is 0 Å². The van der Waals surface area contributed by atoms with Crippen LogP contribution in [0.1, 0.15) is 32.3 Å². The molecule has 2 N–H and O–H groups in total. The maximum atomic E-state index is 12.0. The highest BCUT2D eigenvalue weighted by Crippen LogP contribution is 2.19. The van der Waals surface area contributed by atoms with E-state index in [2.05, 4.69) is 24.5 Å². The molecule has 2 atom stereocenters. The van der Waals surface area contributed by atoms with Crippen LogP contribution in [-0.4, -0.2) is 32.1 Å². The summed E-state index contributed by atoms with van der Waals surface area (Å²) in [6.07, 6.45) is 0. The van der Waals surface area contributed by atoms with Crippen molar-refractivity contribution in [2.75, 3.05) is 20.2 Å². The first-order valence-corrected chi connectivity index (χ1v) is 6.73. The van der Waals surface area contributed by atoms with Crippen molar-refractivity contribution in [3.63, 3.8) is 0 Å². The molecule has 0 bridgehead atoms. The van der Waals surface area contributed by atoms with Crippen LogP contribution >= 0.6 is 12.4 Å². The quantitative estimate of drug-likeness (QED) is 0.812. The fraction of sp³-hybridized carbons (Fsp3) is 0.533. The van der Waals surface area contributed by atoms with E-state index in [1.54, 1.807) is 7.11 Å². The van der Waals surface area contributed by atoms with Crippen molar-refractivity contribution >= 4 is 18.3 Å². The van der Waals surface area contributed by atoms with Crippen molar-refractivity contribution in [2.45, 2.75) is 32.7 Å². The van der Waals surface area contributed by atoms with Crippen LogP contribution in [0.3, 0.4) is 0 Å². The molecule has 1 aromatic carbocycles. The van der Waals surface area contributed by atoms with Gasteiger partial charge in [-0.15, -0.1) is 12.4 Å². The minimum atomic E-state index is -0.153. The molecule has 1 unspecified atom stereocenters. The van der Waals surface area contributed by atoms with Gasteiger partial charge in [0.15, 0.2) is 0 Å². The zero-order valence-corrected chi connectivity index (χ0v) is 13.4. The molecule has 4 nitrogen and oxygen atoms in total. The molecule has 5 heteroatoms. The molecular weight excluding hydrogens is 276 g/mol. The van der Waals surface area contributed by atoms with Gasteiger partial charge >= 0.3 is 0 Å². The second kappa shape index (κ2) is 9.61. The second-order valence-electron chi connectivity index (χ2n) is 4.70. The predicted molar refractivity (Wildman–Crippen MR) is 84.8 cm³/mol. The average Bonchev–Trinajstić information content (AvgIpc) is 2.44. The van der Waals surface area contributed by atoms with E-state index in [0.29, 0.717) is 6.54 Å². The number of nitrogens with one attached hydrogen (secondary N) is 2.